The monoisotopic (exact) mass is 264 g/mol. The third kappa shape index (κ3) is 1.05. The van der Waals surface area contributed by atoms with Crippen LogP contribution in [0.25, 0.3) is 0 Å². The second-order valence-corrected chi connectivity index (χ2v) is 8.33. The molecular weight excluding hydrogens is 256 g/mol. The smallest absolute Gasteiger partial charge is 0.291 e. The van der Waals surface area contributed by atoms with E-state index in [4.69, 9.17) is 9.47 Å². The molecule has 0 saturated heterocycles. The standard InChI is InChI=1S/C8H8O6S2/c1-13-5-3-4-6-8(7(5)14-2)16(11,12)15(6,9)10/h3-4H,1-2H3. The predicted octanol–water partition coefficient (Wildman–Crippen LogP) is 0.180. The largest absolute Gasteiger partial charge is 0.493 e. The fourth-order valence-electron chi connectivity index (χ4n) is 1.51. The quantitative estimate of drug-likeness (QED) is 0.708. The molecule has 0 bridgehead atoms. The van der Waals surface area contributed by atoms with Crippen LogP contribution >= 0.6 is 0 Å². The Morgan fingerprint density at radius 3 is 2.06 bits per heavy atom. The molecule has 1 aromatic rings. The highest BCUT2D eigenvalue weighted by atomic mass is 33.2. The topological polar surface area (TPSA) is 86.7 Å². The van der Waals surface area contributed by atoms with E-state index in [1.165, 1.54) is 26.4 Å². The second-order valence-electron chi connectivity index (χ2n) is 3.04. The van der Waals surface area contributed by atoms with Crippen molar-refractivity contribution in [1.29, 1.82) is 0 Å². The van der Waals surface area contributed by atoms with Gasteiger partial charge in [-0.3, -0.25) is 0 Å². The molecule has 1 aromatic carbocycles. The van der Waals surface area contributed by atoms with E-state index >= 15 is 0 Å². The summed E-state index contributed by atoms with van der Waals surface area (Å²) in [6, 6.07) is 2.54. The fraction of sp³-hybridized carbons (Fsp3) is 0.250. The summed E-state index contributed by atoms with van der Waals surface area (Å²) < 4.78 is 55.4. The molecule has 8 heteroatoms. The molecule has 0 N–H and O–H groups in total. The molecule has 0 amide bonds. The summed E-state index contributed by atoms with van der Waals surface area (Å²) in [5.41, 5.74) is 0. The van der Waals surface area contributed by atoms with Gasteiger partial charge in [-0.2, -0.15) is 0 Å². The minimum Gasteiger partial charge on any atom is -0.493 e. The van der Waals surface area contributed by atoms with Crippen molar-refractivity contribution in [2.75, 3.05) is 14.2 Å². The van der Waals surface area contributed by atoms with Crippen molar-refractivity contribution in [2.45, 2.75) is 9.79 Å². The molecule has 0 unspecified atom stereocenters. The van der Waals surface area contributed by atoms with Gasteiger partial charge in [-0.1, -0.05) is 0 Å². The molecule has 1 aliphatic rings. The van der Waals surface area contributed by atoms with E-state index in [0.29, 0.717) is 0 Å². The first-order valence-corrected chi connectivity index (χ1v) is 7.61. The van der Waals surface area contributed by atoms with E-state index in [9.17, 15) is 16.8 Å². The molecule has 0 saturated carbocycles. The Labute approximate surface area is 92.0 Å². The molecule has 1 aliphatic heterocycles. The highest BCUT2D eigenvalue weighted by Gasteiger charge is 2.52. The maximum Gasteiger partial charge on any atom is 0.291 e. The Morgan fingerprint density at radius 1 is 0.938 bits per heavy atom. The molecule has 2 rings (SSSR count). The van der Waals surface area contributed by atoms with Crippen LogP contribution in [0.2, 0.25) is 0 Å². The fourth-order valence-corrected chi connectivity index (χ4v) is 5.61. The Balaban J connectivity index is 2.90. The Hall–Kier alpha value is -1.28. The summed E-state index contributed by atoms with van der Waals surface area (Å²) >= 11 is 0. The molecular formula is C8H8O6S2. The van der Waals surface area contributed by atoms with Crippen LogP contribution in [0.5, 0.6) is 11.5 Å². The number of fused-ring (bicyclic) bond motifs is 1. The van der Waals surface area contributed by atoms with Crippen LogP contribution < -0.4 is 9.47 Å². The van der Waals surface area contributed by atoms with Crippen molar-refractivity contribution in [3.8, 4) is 11.5 Å². The van der Waals surface area contributed by atoms with Crippen molar-refractivity contribution in [3.63, 3.8) is 0 Å². The summed E-state index contributed by atoms with van der Waals surface area (Å²) in [5.74, 6) is 0.106. The van der Waals surface area contributed by atoms with Crippen molar-refractivity contribution in [1.82, 2.24) is 0 Å². The van der Waals surface area contributed by atoms with Gasteiger partial charge in [0.15, 0.2) is 11.5 Å². The van der Waals surface area contributed by atoms with E-state index in [1.54, 1.807) is 0 Å². The van der Waals surface area contributed by atoms with E-state index in [-0.39, 0.29) is 21.3 Å². The summed E-state index contributed by atoms with van der Waals surface area (Å²) in [6.45, 7) is 0. The van der Waals surface area contributed by atoms with Crippen LogP contribution in [0.1, 0.15) is 0 Å². The van der Waals surface area contributed by atoms with Gasteiger partial charge in [-0.05, 0) is 12.1 Å². The van der Waals surface area contributed by atoms with Gasteiger partial charge in [0.05, 0.1) is 14.2 Å². The Bertz CT molecular complexity index is 656. The van der Waals surface area contributed by atoms with Gasteiger partial charge in [0.25, 0.3) is 17.7 Å². The van der Waals surface area contributed by atoms with Crippen molar-refractivity contribution >= 4 is 17.7 Å². The van der Waals surface area contributed by atoms with Gasteiger partial charge in [0.1, 0.15) is 9.79 Å². The number of benzene rings is 1. The highest BCUT2D eigenvalue weighted by Crippen LogP contribution is 2.49. The normalized spacial score (nSPS) is 19.4. The third-order valence-corrected chi connectivity index (χ3v) is 7.54. The maximum absolute atomic E-state index is 11.5. The van der Waals surface area contributed by atoms with Gasteiger partial charge in [0, 0.05) is 0 Å². The van der Waals surface area contributed by atoms with E-state index in [1.807, 2.05) is 0 Å². The van der Waals surface area contributed by atoms with Crippen LogP contribution in [0.4, 0.5) is 0 Å². The second kappa shape index (κ2) is 3.11. The first kappa shape index (κ1) is 11.2. The van der Waals surface area contributed by atoms with Crippen molar-refractivity contribution in [3.05, 3.63) is 12.1 Å². The lowest BCUT2D eigenvalue weighted by Crippen LogP contribution is -2.29. The maximum atomic E-state index is 11.5. The van der Waals surface area contributed by atoms with Crippen molar-refractivity contribution in [2.24, 2.45) is 0 Å². The highest BCUT2D eigenvalue weighted by molar-refractivity contribution is 8.69. The first-order chi connectivity index (χ1) is 7.37. The van der Waals surface area contributed by atoms with Gasteiger partial charge < -0.3 is 9.47 Å². The lowest BCUT2D eigenvalue weighted by atomic mass is 10.3. The van der Waals surface area contributed by atoms with Gasteiger partial charge in [0.2, 0.25) is 0 Å². The summed E-state index contributed by atoms with van der Waals surface area (Å²) in [5, 5.41) is 0. The average Bonchev–Trinajstić information content (AvgIpc) is 2.26. The molecule has 0 atom stereocenters. The Morgan fingerprint density at radius 2 is 1.56 bits per heavy atom. The number of hydrogen-bond acceptors (Lipinski definition) is 6. The minimum absolute atomic E-state index is 0.0742. The number of rotatable bonds is 2. The van der Waals surface area contributed by atoms with Crippen LogP contribution in [-0.4, -0.2) is 31.1 Å². The zero-order valence-electron chi connectivity index (χ0n) is 8.42. The van der Waals surface area contributed by atoms with E-state index < -0.39 is 17.7 Å². The SMILES string of the molecule is COc1ccc2c(c1OC)S(=O)(=O)S2(=O)=O. The van der Waals surface area contributed by atoms with Crippen LogP contribution in [0, 0.1) is 0 Å². The van der Waals surface area contributed by atoms with E-state index in [0.717, 1.165) is 0 Å². The zero-order chi connectivity index (χ0) is 12.1. The molecule has 0 spiro atoms. The van der Waals surface area contributed by atoms with Gasteiger partial charge in [-0.15, -0.1) is 0 Å². The molecule has 0 fully saturated rings. The minimum atomic E-state index is -4.33. The first-order valence-electron chi connectivity index (χ1n) is 4.13. The number of hydrogen-bond donors (Lipinski definition) is 0. The lowest BCUT2D eigenvalue weighted by molar-refractivity contribution is 0.344. The summed E-state index contributed by atoms with van der Waals surface area (Å²) in [7, 11) is -5.98. The molecule has 1 heterocycles. The average molecular weight is 264 g/mol. The molecule has 0 aromatic heterocycles. The third-order valence-electron chi connectivity index (χ3n) is 2.27. The zero-order valence-corrected chi connectivity index (χ0v) is 10.1. The van der Waals surface area contributed by atoms with Gasteiger partial charge >= 0.3 is 0 Å². The molecule has 0 radical (unpaired) electrons. The molecule has 88 valence electrons. The van der Waals surface area contributed by atoms with Crippen molar-refractivity contribution < 1.29 is 26.3 Å². The van der Waals surface area contributed by atoms with Crippen LogP contribution in [-0.2, 0) is 17.7 Å². The van der Waals surface area contributed by atoms with Crippen LogP contribution in [0.3, 0.4) is 0 Å². The molecule has 0 aliphatic carbocycles. The van der Waals surface area contributed by atoms with E-state index in [2.05, 4.69) is 0 Å². The van der Waals surface area contributed by atoms with Gasteiger partial charge in [-0.25, -0.2) is 16.8 Å². The molecule has 6 nitrogen and oxygen atoms in total. The number of methoxy groups -OCH3 is 2. The summed E-state index contributed by atoms with van der Waals surface area (Å²) in [6.07, 6.45) is 0. The Kier molecular flexibility index (Phi) is 2.18. The summed E-state index contributed by atoms with van der Waals surface area (Å²) in [4.78, 5) is -0.570. The predicted molar refractivity (Wildman–Crippen MR) is 53.9 cm³/mol. The molecule has 16 heavy (non-hydrogen) atoms. The van der Waals surface area contributed by atoms with Crippen LogP contribution in [0.15, 0.2) is 21.9 Å². The number of ether oxygens (including phenoxy) is 2. The lowest BCUT2D eigenvalue weighted by Gasteiger charge is -2.22.